The van der Waals surface area contributed by atoms with Crippen LogP contribution in [0.25, 0.3) is 0 Å². The fraction of sp³-hybridized carbons (Fsp3) is 0.750. The van der Waals surface area contributed by atoms with Gasteiger partial charge in [-0.15, -0.1) is 0 Å². The quantitative estimate of drug-likeness (QED) is 0.511. The van der Waals surface area contributed by atoms with Gasteiger partial charge in [0, 0.05) is 6.42 Å². The predicted octanol–water partition coefficient (Wildman–Crippen LogP) is 2.17. The highest BCUT2D eigenvalue weighted by atomic mass is 32.2. The number of aliphatic hydroxyl groups is 1. The molecule has 0 aromatic heterocycles. The first-order valence-electron chi connectivity index (χ1n) is 3.74. The van der Waals surface area contributed by atoms with Crippen LogP contribution in [-0.4, -0.2) is 23.7 Å². The summed E-state index contributed by atoms with van der Waals surface area (Å²) in [5.41, 5.74) is 4.85. The molecule has 3 N–H and O–H groups in total. The van der Waals surface area contributed by atoms with Crippen molar-refractivity contribution >= 4 is 11.8 Å². The zero-order valence-corrected chi connectivity index (χ0v) is 8.28. The van der Waals surface area contributed by atoms with E-state index < -0.39 is 0 Å². The average Bonchev–Trinajstić information content (AvgIpc) is 1.89. The highest BCUT2D eigenvalue weighted by Gasteiger charge is 1.86. The van der Waals surface area contributed by atoms with Crippen LogP contribution in [0.5, 0.6) is 0 Å². The zero-order chi connectivity index (χ0) is 9.11. The molecule has 0 aliphatic heterocycles. The van der Waals surface area contributed by atoms with E-state index >= 15 is 0 Å². The fourth-order valence-electron chi connectivity index (χ4n) is 0.421. The molecule has 0 amide bonds. The van der Waals surface area contributed by atoms with E-state index in [2.05, 4.69) is 12.8 Å². The van der Waals surface area contributed by atoms with Crippen molar-refractivity contribution in [3.63, 3.8) is 0 Å². The monoisotopic (exact) mass is 177 g/mol. The Hall–Kier alpha value is -0.150. The summed E-state index contributed by atoms with van der Waals surface area (Å²) in [7, 11) is 0. The lowest BCUT2D eigenvalue weighted by Crippen LogP contribution is -1.87. The lowest BCUT2D eigenvalue weighted by molar-refractivity contribution is 0.390. The van der Waals surface area contributed by atoms with Crippen LogP contribution in [0.4, 0.5) is 0 Å². The molecule has 0 rings (SSSR count). The van der Waals surface area contributed by atoms with Crippen LogP contribution in [0.1, 0.15) is 19.8 Å². The van der Waals surface area contributed by atoms with Crippen molar-refractivity contribution in [2.24, 2.45) is 5.73 Å². The highest BCUT2D eigenvalue weighted by molar-refractivity contribution is 7.98. The molecule has 0 radical (unpaired) electrons. The van der Waals surface area contributed by atoms with Crippen LogP contribution in [0, 0.1) is 0 Å². The summed E-state index contributed by atoms with van der Waals surface area (Å²) >= 11 is 1.79. The Bertz CT molecular complexity index is 86.2. The number of rotatable bonds is 4. The van der Waals surface area contributed by atoms with Crippen LogP contribution in [0.15, 0.2) is 12.3 Å². The van der Waals surface area contributed by atoms with E-state index in [0.717, 1.165) is 25.1 Å². The molecule has 0 aromatic rings. The molecule has 68 valence electrons. The molecular weight excluding hydrogens is 158 g/mol. The lowest BCUT2D eigenvalue weighted by atomic mass is 10.3. The zero-order valence-electron chi connectivity index (χ0n) is 7.47. The number of allylic oxidation sites excluding steroid dienone is 1. The Labute approximate surface area is 73.9 Å². The number of hydrogen-bond donors (Lipinski definition) is 2. The van der Waals surface area contributed by atoms with Crippen LogP contribution < -0.4 is 5.73 Å². The van der Waals surface area contributed by atoms with Gasteiger partial charge in [0.15, 0.2) is 0 Å². The van der Waals surface area contributed by atoms with Crippen molar-refractivity contribution in [1.82, 2.24) is 0 Å². The van der Waals surface area contributed by atoms with E-state index in [-0.39, 0.29) is 0 Å². The maximum absolute atomic E-state index is 8.58. The number of nitrogens with two attached hydrogens (primary N) is 1. The van der Waals surface area contributed by atoms with Crippen molar-refractivity contribution in [2.45, 2.75) is 19.8 Å². The first kappa shape index (κ1) is 13.4. The van der Waals surface area contributed by atoms with Gasteiger partial charge in [0.2, 0.25) is 0 Å². The van der Waals surface area contributed by atoms with E-state index in [9.17, 15) is 0 Å². The van der Waals surface area contributed by atoms with Crippen molar-refractivity contribution in [1.29, 1.82) is 0 Å². The van der Waals surface area contributed by atoms with E-state index in [4.69, 9.17) is 10.8 Å². The standard InChI is InChI=1S/C6H12OS.C2H7N/c1-6(7)4-3-5-8-2;1-2-3/h7H,1,3-5H2,2H3;2-3H2,1H3. The van der Waals surface area contributed by atoms with Gasteiger partial charge in [0.1, 0.15) is 0 Å². The predicted molar refractivity (Wildman–Crippen MR) is 54.1 cm³/mol. The van der Waals surface area contributed by atoms with Gasteiger partial charge in [-0.1, -0.05) is 13.5 Å². The largest absolute Gasteiger partial charge is 0.513 e. The molecule has 0 aliphatic carbocycles. The molecule has 0 atom stereocenters. The molecule has 0 heterocycles. The molecular formula is C8H19NOS. The molecule has 0 bridgehead atoms. The number of hydrogen-bond acceptors (Lipinski definition) is 3. The molecule has 0 fully saturated rings. The Balaban J connectivity index is 0. The third-order valence-corrected chi connectivity index (χ3v) is 1.51. The summed E-state index contributed by atoms with van der Waals surface area (Å²) in [6, 6.07) is 0. The molecule has 0 saturated heterocycles. The van der Waals surface area contributed by atoms with Gasteiger partial charge < -0.3 is 10.8 Å². The van der Waals surface area contributed by atoms with Crippen molar-refractivity contribution in [3.8, 4) is 0 Å². The summed E-state index contributed by atoms with van der Waals surface area (Å²) in [5.74, 6) is 1.42. The average molecular weight is 177 g/mol. The van der Waals surface area contributed by atoms with Gasteiger partial charge in [0.05, 0.1) is 5.76 Å². The Morgan fingerprint density at radius 3 is 2.36 bits per heavy atom. The maximum Gasteiger partial charge on any atom is 0.0851 e. The molecule has 11 heavy (non-hydrogen) atoms. The van der Waals surface area contributed by atoms with Gasteiger partial charge >= 0.3 is 0 Å². The number of aliphatic hydroxyl groups excluding tert-OH is 1. The second kappa shape index (κ2) is 12.5. The first-order valence-corrected chi connectivity index (χ1v) is 5.14. The van der Waals surface area contributed by atoms with E-state index in [1.54, 1.807) is 11.8 Å². The maximum atomic E-state index is 8.58. The van der Waals surface area contributed by atoms with Crippen LogP contribution in [-0.2, 0) is 0 Å². The number of thioether (sulfide) groups is 1. The summed E-state index contributed by atoms with van der Waals surface area (Å²) in [4.78, 5) is 0. The summed E-state index contributed by atoms with van der Waals surface area (Å²) in [6.45, 7) is 6.03. The minimum absolute atomic E-state index is 0.305. The minimum Gasteiger partial charge on any atom is -0.513 e. The lowest BCUT2D eigenvalue weighted by Gasteiger charge is -1.93. The highest BCUT2D eigenvalue weighted by Crippen LogP contribution is 2.02. The second-order valence-electron chi connectivity index (χ2n) is 2.07. The SMILES string of the molecule is C=C(O)CCCSC.CCN. The molecule has 0 unspecified atom stereocenters. The van der Waals surface area contributed by atoms with Gasteiger partial charge in [-0.25, -0.2) is 0 Å². The third-order valence-electron chi connectivity index (χ3n) is 0.814. The Morgan fingerprint density at radius 2 is 2.09 bits per heavy atom. The van der Waals surface area contributed by atoms with Gasteiger partial charge in [-0.3, -0.25) is 0 Å². The first-order chi connectivity index (χ1) is 5.18. The molecule has 0 aliphatic rings. The van der Waals surface area contributed by atoms with E-state index in [0.29, 0.717) is 5.76 Å². The van der Waals surface area contributed by atoms with E-state index in [1.165, 1.54) is 0 Å². The van der Waals surface area contributed by atoms with Crippen LogP contribution >= 0.6 is 11.8 Å². The van der Waals surface area contributed by atoms with Crippen LogP contribution in [0.3, 0.4) is 0 Å². The smallest absolute Gasteiger partial charge is 0.0851 e. The topological polar surface area (TPSA) is 46.2 Å². The van der Waals surface area contributed by atoms with Gasteiger partial charge in [0.25, 0.3) is 0 Å². The summed E-state index contributed by atoms with van der Waals surface area (Å²) < 4.78 is 0. The molecule has 0 spiro atoms. The van der Waals surface area contributed by atoms with Crippen LogP contribution in [0.2, 0.25) is 0 Å². The van der Waals surface area contributed by atoms with Crippen molar-refractivity contribution in [3.05, 3.63) is 12.3 Å². The molecule has 3 heteroatoms. The van der Waals surface area contributed by atoms with Gasteiger partial charge in [-0.2, -0.15) is 11.8 Å². The summed E-state index contributed by atoms with van der Waals surface area (Å²) in [5, 5.41) is 8.58. The molecule has 0 saturated carbocycles. The second-order valence-corrected chi connectivity index (χ2v) is 3.06. The summed E-state index contributed by atoms with van der Waals surface area (Å²) in [6.07, 6.45) is 3.84. The van der Waals surface area contributed by atoms with Crippen molar-refractivity contribution < 1.29 is 5.11 Å². The van der Waals surface area contributed by atoms with E-state index in [1.807, 2.05) is 6.92 Å². The third kappa shape index (κ3) is 25.8. The minimum atomic E-state index is 0.305. The molecule has 0 aromatic carbocycles. The van der Waals surface area contributed by atoms with Gasteiger partial charge in [-0.05, 0) is 25.0 Å². The Morgan fingerprint density at radius 1 is 1.64 bits per heavy atom. The fourth-order valence-corrected chi connectivity index (χ4v) is 0.854. The van der Waals surface area contributed by atoms with Crippen molar-refractivity contribution in [2.75, 3.05) is 18.6 Å². The molecule has 2 nitrogen and oxygen atoms in total. The Kier molecular flexibility index (Phi) is 15.3. The normalized spacial score (nSPS) is 8.27.